The average molecular weight is 222 g/mol. The van der Waals surface area contributed by atoms with E-state index in [9.17, 15) is 4.79 Å². The number of anilines is 1. The Hall–Kier alpha value is -1.62. The molecule has 0 aliphatic heterocycles. The number of amides is 1. The lowest BCUT2D eigenvalue weighted by atomic mass is 9.96. The molecule has 1 aromatic heterocycles. The number of pyridine rings is 1. The molecule has 0 radical (unpaired) electrons. The van der Waals surface area contributed by atoms with Crippen molar-refractivity contribution in [2.45, 2.75) is 32.4 Å². The monoisotopic (exact) mass is 222 g/mol. The minimum absolute atomic E-state index is 0.0877. The van der Waals surface area contributed by atoms with Gasteiger partial charge in [0.2, 0.25) is 0 Å². The molecule has 0 aromatic carbocycles. The summed E-state index contributed by atoms with van der Waals surface area (Å²) < 4.78 is 0. The first-order chi connectivity index (χ1) is 7.34. The third-order valence-corrected chi connectivity index (χ3v) is 2.65. The van der Waals surface area contributed by atoms with Crippen LogP contribution in [0.2, 0.25) is 0 Å². The summed E-state index contributed by atoms with van der Waals surface area (Å²) in [5, 5.41) is 3.13. The Morgan fingerprint density at radius 1 is 1.56 bits per heavy atom. The van der Waals surface area contributed by atoms with E-state index in [1.807, 2.05) is 20.8 Å². The summed E-state index contributed by atoms with van der Waals surface area (Å²) in [7, 11) is 0. The number of nitrogens with one attached hydrogen (secondary N) is 1. The molecular weight excluding hydrogens is 204 g/mol. The van der Waals surface area contributed by atoms with Crippen molar-refractivity contribution < 1.29 is 4.79 Å². The lowest BCUT2D eigenvalue weighted by molar-refractivity contribution is 0.100. The molecule has 1 aromatic rings. The number of primary amides is 1. The second-order valence-electron chi connectivity index (χ2n) is 4.40. The van der Waals surface area contributed by atoms with Gasteiger partial charge in [0.05, 0.1) is 5.56 Å². The molecule has 0 aliphatic rings. The number of carbonyl (C=O) groups excluding carboxylic acids is 1. The fraction of sp³-hybridized carbons (Fsp3) is 0.455. The predicted molar refractivity (Wildman–Crippen MR) is 64.1 cm³/mol. The maximum atomic E-state index is 11.2. The van der Waals surface area contributed by atoms with Crippen LogP contribution in [-0.4, -0.2) is 22.5 Å². The molecule has 0 aliphatic carbocycles. The fourth-order valence-corrected chi connectivity index (χ4v) is 1.12. The van der Waals surface area contributed by atoms with Crippen LogP contribution in [0.4, 0.5) is 5.82 Å². The van der Waals surface area contributed by atoms with Crippen molar-refractivity contribution in [1.29, 1.82) is 0 Å². The third kappa shape index (κ3) is 2.70. The summed E-state index contributed by atoms with van der Waals surface area (Å²) in [6, 6.07) is 3.22. The van der Waals surface area contributed by atoms with Crippen molar-refractivity contribution in [3.8, 4) is 0 Å². The minimum atomic E-state index is -0.504. The fourth-order valence-electron chi connectivity index (χ4n) is 1.12. The van der Waals surface area contributed by atoms with Crippen molar-refractivity contribution in [2.24, 2.45) is 11.5 Å². The van der Waals surface area contributed by atoms with E-state index in [-0.39, 0.29) is 11.6 Å². The van der Waals surface area contributed by atoms with Crippen molar-refractivity contribution in [1.82, 2.24) is 4.98 Å². The molecule has 0 fully saturated rings. The van der Waals surface area contributed by atoms with Gasteiger partial charge in [-0.15, -0.1) is 0 Å². The Balaban J connectivity index is 3.02. The highest BCUT2D eigenvalue weighted by molar-refractivity contribution is 5.97. The molecule has 0 spiro atoms. The highest BCUT2D eigenvalue weighted by Crippen LogP contribution is 2.18. The lowest BCUT2D eigenvalue weighted by Gasteiger charge is -2.31. The normalized spacial score (nSPS) is 13.2. The smallest absolute Gasteiger partial charge is 0.252 e. The topological polar surface area (TPSA) is 94.0 Å². The molecule has 0 bridgehead atoms. The summed E-state index contributed by atoms with van der Waals surface area (Å²) in [6.07, 6.45) is 1.60. The van der Waals surface area contributed by atoms with Gasteiger partial charge in [0.15, 0.2) is 0 Å². The molecule has 5 N–H and O–H groups in total. The Kier molecular flexibility index (Phi) is 3.49. The zero-order valence-corrected chi connectivity index (χ0v) is 9.82. The first-order valence-electron chi connectivity index (χ1n) is 5.13. The molecule has 88 valence electrons. The second kappa shape index (κ2) is 4.49. The van der Waals surface area contributed by atoms with Gasteiger partial charge in [0.1, 0.15) is 5.82 Å². The number of hydrogen-bond acceptors (Lipinski definition) is 4. The SMILES string of the molecule is CC(N)C(C)(C)Nc1ncccc1C(N)=O. The molecule has 5 heteroatoms. The number of carbonyl (C=O) groups is 1. The van der Waals surface area contributed by atoms with Crippen molar-refractivity contribution >= 4 is 11.7 Å². The zero-order valence-electron chi connectivity index (χ0n) is 9.82. The van der Waals surface area contributed by atoms with E-state index >= 15 is 0 Å². The van der Waals surface area contributed by atoms with E-state index in [0.717, 1.165) is 0 Å². The predicted octanol–water partition coefficient (Wildman–Crippen LogP) is 0.718. The highest BCUT2D eigenvalue weighted by Gasteiger charge is 2.24. The quantitative estimate of drug-likeness (QED) is 0.699. The first-order valence-corrected chi connectivity index (χ1v) is 5.13. The molecule has 0 saturated carbocycles. The Bertz CT molecular complexity index is 387. The molecule has 0 saturated heterocycles. The maximum Gasteiger partial charge on any atom is 0.252 e. The zero-order chi connectivity index (χ0) is 12.3. The molecule has 1 unspecified atom stereocenters. The molecule has 1 rings (SSSR count). The first kappa shape index (κ1) is 12.4. The van der Waals surface area contributed by atoms with Crippen LogP contribution in [0.3, 0.4) is 0 Å². The third-order valence-electron chi connectivity index (χ3n) is 2.65. The summed E-state index contributed by atoms with van der Waals surface area (Å²) in [5.74, 6) is -0.0339. The van der Waals surface area contributed by atoms with Gasteiger partial charge in [-0.25, -0.2) is 4.98 Å². The average Bonchev–Trinajstić information content (AvgIpc) is 2.17. The van der Waals surface area contributed by atoms with Crippen LogP contribution in [-0.2, 0) is 0 Å². The molecule has 1 atom stereocenters. The molecule has 1 heterocycles. The summed E-state index contributed by atoms with van der Waals surface area (Å²) in [4.78, 5) is 15.3. The largest absolute Gasteiger partial charge is 0.365 e. The van der Waals surface area contributed by atoms with Crippen LogP contribution in [0.1, 0.15) is 31.1 Å². The molecular formula is C11H18N4O. The standard InChI is InChI=1S/C11H18N4O/c1-7(12)11(2,3)15-10-8(9(13)16)5-4-6-14-10/h4-7H,12H2,1-3H3,(H2,13,16)(H,14,15). The van der Waals surface area contributed by atoms with Gasteiger partial charge in [-0.3, -0.25) is 4.79 Å². The molecule has 1 amide bonds. The van der Waals surface area contributed by atoms with Crippen LogP contribution in [0.15, 0.2) is 18.3 Å². The Labute approximate surface area is 95.2 Å². The van der Waals surface area contributed by atoms with Crippen LogP contribution in [0.25, 0.3) is 0 Å². The summed E-state index contributed by atoms with van der Waals surface area (Å²) in [6.45, 7) is 5.77. The number of hydrogen-bond donors (Lipinski definition) is 3. The van der Waals surface area contributed by atoms with E-state index in [1.54, 1.807) is 18.3 Å². The number of rotatable bonds is 4. The van der Waals surface area contributed by atoms with Crippen LogP contribution >= 0.6 is 0 Å². The van der Waals surface area contributed by atoms with Gasteiger partial charge in [-0.05, 0) is 32.9 Å². The minimum Gasteiger partial charge on any atom is -0.365 e. The van der Waals surface area contributed by atoms with E-state index in [2.05, 4.69) is 10.3 Å². The Morgan fingerprint density at radius 2 is 2.19 bits per heavy atom. The second-order valence-corrected chi connectivity index (χ2v) is 4.40. The molecule has 16 heavy (non-hydrogen) atoms. The van der Waals surface area contributed by atoms with E-state index in [1.165, 1.54) is 0 Å². The van der Waals surface area contributed by atoms with Crippen molar-refractivity contribution in [3.05, 3.63) is 23.9 Å². The highest BCUT2D eigenvalue weighted by atomic mass is 16.1. The lowest BCUT2D eigenvalue weighted by Crippen LogP contribution is -2.47. The van der Waals surface area contributed by atoms with Crippen LogP contribution < -0.4 is 16.8 Å². The van der Waals surface area contributed by atoms with Gasteiger partial charge >= 0.3 is 0 Å². The number of nitrogens with zero attached hydrogens (tertiary/aromatic N) is 1. The maximum absolute atomic E-state index is 11.2. The van der Waals surface area contributed by atoms with Crippen molar-refractivity contribution in [2.75, 3.05) is 5.32 Å². The van der Waals surface area contributed by atoms with E-state index in [0.29, 0.717) is 11.4 Å². The molecule has 5 nitrogen and oxygen atoms in total. The van der Waals surface area contributed by atoms with Gasteiger partial charge in [-0.2, -0.15) is 0 Å². The van der Waals surface area contributed by atoms with Gasteiger partial charge < -0.3 is 16.8 Å². The van der Waals surface area contributed by atoms with Gasteiger partial charge in [-0.1, -0.05) is 0 Å². The number of nitrogens with two attached hydrogens (primary N) is 2. The van der Waals surface area contributed by atoms with Crippen LogP contribution in [0, 0.1) is 0 Å². The van der Waals surface area contributed by atoms with E-state index in [4.69, 9.17) is 11.5 Å². The van der Waals surface area contributed by atoms with E-state index < -0.39 is 5.91 Å². The number of aromatic nitrogens is 1. The van der Waals surface area contributed by atoms with Crippen LogP contribution in [0.5, 0.6) is 0 Å². The van der Waals surface area contributed by atoms with Gasteiger partial charge in [0, 0.05) is 17.8 Å². The summed E-state index contributed by atoms with van der Waals surface area (Å²) in [5.41, 5.74) is 11.1. The Morgan fingerprint density at radius 3 is 2.69 bits per heavy atom. The summed E-state index contributed by atoms with van der Waals surface area (Å²) >= 11 is 0. The van der Waals surface area contributed by atoms with Gasteiger partial charge in [0.25, 0.3) is 5.91 Å². The van der Waals surface area contributed by atoms with Crippen molar-refractivity contribution in [3.63, 3.8) is 0 Å².